The van der Waals surface area contributed by atoms with Crippen molar-refractivity contribution >= 4 is 17.5 Å². The summed E-state index contributed by atoms with van der Waals surface area (Å²) in [6.07, 6.45) is 1.42. The van der Waals surface area contributed by atoms with Crippen molar-refractivity contribution in [3.8, 4) is 11.5 Å². The number of carbonyl (C=O) groups excluding carboxylic acids is 1. The number of likely N-dealkylation sites (N-methyl/N-ethyl adjacent to an activating group) is 1. The molecule has 0 radical (unpaired) electrons. The minimum atomic E-state index is -0.102. The number of benzene rings is 2. The molecule has 1 aliphatic heterocycles. The van der Waals surface area contributed by atoms with Crippen LogP contribution in [0, 0.1) is 0 Å². The van der Waals surface area contributed by atoms with Gasteiger partial charge in [0, 0.05) is 18.1 Å². The minimum Gasteiger partial charge on any atom is -0.454 e. The van der Waals surface area contributed by atoms with Crippen molar-refractivity contribution < 1.29 is 14.3 Å². The Morgan fingerprint density at radius 1 is 1.24 bits per heavy atom. The van der Waals surface area contributed by atoms with Crippen molar-refractivity contribution in [2.24, 2.45) is 5.73 Å². The van der Waals surface area contributed by atoms with Crippen LogP contribution in [0.1, 0.15) is 22.3 Å². The average molecular weight is 361 g/mol. The lowest BCUT2D eigenvalue weighted by atomic mass is 10.0. The van der Waals surface area contributed by atoms with Gasteiger partial charge in [-0.2, -0.15) is 0 Å². The molecular formula is C19H21ClN2O3. The van der Waals surface area contributed by atoms with Crippen LogP contribution in [0.15, 0.2) is 42.5 Å². The van der Waals surface area contributed by atoms with Gasteiger partial charge in [-0.25, -0.2) is 0 Å². The van der Waals surface area contributed by atoms with Gasteiger partial charge in [-0.3, -0.25) is 4.79 Å². The van der Waals surface area contributed by atoms with E-state index in [1.807, 2.05) is 24.3 Å². The molecule has 0 unspecified atom stereocenters. The van der Waals surface area contributed by atoms with Crippen molar-refractivity contribution in [2.75, 3.05) is 20.4 Å². The van der Waals surface area contributed by atoms with Crippen LogP contribution in [-0.2, 0) is 6.42 Å². The number of hydrogen-bond donors (Lipinski definition) is 1. The third-order valence-electron chi connectivity index (χ3n) is 4.38. The Hall–Kier alpha value is -2.24. The summed E-state index contributed by atoms with van der Waals surface area (Å²) in [5.74, 6) is 1.01. The Balaban J connectivity index is 1.80. The summed E-state index contributed by atoms with van der Waals surface area (Å²) in [5.41, 5.74) is 7.39. The summed E-state index contributed by atoms with van der Waals surface area (Å²) in [6.45, 7) is 0.642. The van der Waals surface area contributed by atoms with Crippen LogP contribution >= 0.6 is 11.6 Å². The van der Waals surface area contributed by atoms with Crippen molar-refractivity contribution in [3.05, 3.63) is 58.6 Å². The van der Waals surface area contributed by atoms with Crippen molar-refractivity contribution in [3.63, 3.8) is 0 Å². The number of halogens is 1. The third-order valence-corrected chi connectivity index (χ3v) is 4.63. The first-order valence-corrected chi connectivity index (χ1v) is 8.58. The molecule has 1 heterocycles. The van der Waals surface area contributed by atoms with Gasteiger partial charge in [-0.05, 0) is 49.2 Å². The van der Waals surface area contributed by atoms with E-state index >= 15 is 0 Å². The highest BCUT2D eigenvalue weighted by Gasteiger charge is 2.27. The first-order chi connectivity index (χ1) is 12.1. The van der Waals surface area contributed by atoms with Crippen LogP contribution in [0.5, 0.6) is 11.5 Å². The van der Waals surface area contributed by atoms with Gasteiger partial charge in [0.25, 0.3) is 5.91 Å². The highest BCUT2D eigenvalue weighted by Crippen LogP contribution is 2.36. The van der Waals surface area contributed by atoms with Crippen LogP contribution in [-0.4, -0.2) is 37.2 Å². The summed E-state index contributed by atoms with van der Waals surface area (Å²) < 4.78 is 10.8. The largest absolute Gasteiger partial charge is 0.454 e. The summed E-state index contributed by atoms with van der Waals surface area (Å²) in [4.78, 5) is 14.7. The van der Waals surface area contributed by atoms with Crippen LogP contribution < -0.4 is 15.2 Å². The van der Waals surface area contributed by atoms with Crippen molar-refractivity contribution in [1.29, 1.82) is 0 Å². The molecule has 132 valence electrons. The molecule has 0 aliphatic carbocycles. The fraction of sp³-hybridized carbons (Fsp3) is 0.316. The molecular weight excluding hydrogens is 340 g/mol. The summed E-state index contributed by atoms with van der Waals surface area (Å²) in [7, 11) is 1.80. The third kappa shape index (κ3) is 3.89. The van der Waals surface area contributed by atoms with Crippen LogP contribution in [0.4, 0.5) is 0 Å². The predicted octanol–water partition coefficient (Wildman–Crippen LogP) is 3.10. The first kappa shape index (κ1) is 17.6. The average Bonchev–Trinajstić information content (AvgIpc) is 3.10. The SMILES string of the molecule is CN(C(=O)c1cccc2c1OCO2)[C@H](CCN)Cc1ccc(Cl)cc1. The van der Waals surface area contributed by atoms with E-state index < -0.39 is 0 Å². The molecule has 1 amide bonds. The monoisotopic (exact) mass is 360 g/mol. The molecule has 6 heteroatoms. The van der Waals surface area contributed by atoms with E-state index in [9.17, 15) is 4.79 Å². The van der Waals surface area contributed by atoms with Gasteiger partial charge in [0.15, 0.2) is 11.5 Å². The molecule has 2 N–H and O–H groups in total. The lowest BCUT2D eigenvalue weighted by Crippen LogP contribution is -2.40. The van der Waals surface area contributed by atoms with E-state index in [2.05, 4.69) is 0 Å². The maximum Gasteiger partial charge on any atom is 0.257 e. The van der Waals surface area contributed by atoms with E-state index in [0.29, 0.717) is 41.5 Å². The summed E-state index contributed by atoms with van der Waals surface area (Å²) in [6, 6.07) is 13.0. The maximum absolute atomic E-state index is 13.0. The standard InChI is InChI=1S/C19H21ClN2O3/c1-22(15(9-10-21)11-13-5-7-14(20)8-6-13)19(23)16-3-2-4-17-18(16)25-12-24-17/h2-8,15H,9-12,21H2,1H3/t15-/m1/s1. The second kappa shape index (κ2) is 7.76. The fourth-order valence-corrected chi connectivity index (χ4v) is 3.10. The normalized spacial score (nSPS) is 13.6. The van der Waals surface area contributed by atoms with Crippen LogP contribution in [0.25, 0.3) is 0 Å². The van der Waals surface area contributed by atoms with E-state index in [1.165, 1.54) is 0 Å². The van der Waals surface area contributed by atoms with E-state index in [1.54, 1.807) is 30.1 Å². The lowest BCUT2D eigenvalue weighted by Gasteiger charge is -2.28. The molecule has 2 aromatic carbocycles. The second-order valence-electron chi connectivity index (χ2n) is 6.02. The van der Waals surface area contributed by atoms with Gasteiger partial charge in [0.1, 0.15) is 0 Å². The molecule has 2 aromatic rings. The Labute approximate surface area is 152 Å². The van der Waals surface area contributed by atoms with Crippen LogP contribution in [0.3, 0.4) is 0 Å². The van der Waals surface area contributed by atoms with E-state index in [4.69, 9.17) is 26.8 Å². The lowest BCUT2D eigenvalue weighted by molar-refractivity contribution is 0.0720. The zero-order valence-electron chi connectivity index (χ0n) is 14.1. The first-order valence-electron chi connectivity index (χ1n) is 8.20. The van der Waals surface area contributed by atoms with Gasteiger partial charge >= 0.3 is 0 Å². The Kier molecular flexibility index (Phi) is 5.46. The number of ether oxygens (including phenoxy) is 2. The van der Waals surface area contributed by atoms with E-state index in [0.717, 1.165) is 5.56 Å². The smallest absolute Gasteiger partial charge is 0.257 e. The van der Waals surface area contributed by atoms with Crippen molar-refractivity contribution in [2.45, 2.75) is 18.9 Å². The number of hydrogen-bond acceptors (Lipinski definition) is 4. The van der Waals surface area contributed by atoms with Gasteiger partial charge in [0.2, 0.25) is 6.79 Å². The Bertz CT molecular complexity index is 749. The van der Waals surface area contributed by atoms with Crippen LogP contribution in [0.2, 0.25) is 5.02 Å². The van der Waals surface area contributed by atoms with E-state index in [-0.39, 0.29) is 18.7 Å². The molecule has 0 saturated heterocycles. The number of nitrogens with two attached hydrogens (primary N) is 1. The number of para-hydroxylation sites is 1. The molecule has 0 saturated carbocycles. The molecule has 0 spiro atoms. The molecule has 1 atom stereocenters. The molecule has 1 aliphatic rings. The Morgan fingerprint density at radius 3 is 2.72 bits per heavy atom. The molecule has 3 rings (SSSR count). The highest BCUT2D eigenvalue weighted by atomic mass is 35.5. The second-order valence-corrected chi connectivity index (χ2v) is 6.45. The maximum atomic E-state index is 13.0. The number of carbonyl (C=O) groups is 1. The number of amides is 1. The quantitative estimate of drug-likeness (QED) is 0.859. The summed E-state index contributed by atoms with van der Waals surface area (Å²) >= 11 is 5.95. The zero-order valence-corrected chi connectivity index (χ0v) is 14.8. The highest BCUT2D eigenvalue weighted by molar-refractivity contribution is 6.30. The fourth-order valence-electron chi connectivity index (χ4n) is 2.97. The van der Waals surface area contributed by atoms with Crippen molar-refractivity contribution in [1.82, 2.24) is 4.90 Å². The van der Waals surface area contributed by atoms with Gasteiger partial charge in [-0.1, -0.05) is 29.8 Å². The van der Waals surface area contributed by atoms with Gasteiger partial charge in [0.05, 0.1) is 5.56 Å². The molecule has 25 heavy (non-hydrogen) atoms. The molecule has 0 aromatic heterocycles. The summed E-state index contributed by atoms with van der Waals surface area (Å²) in [5, 5.41) is 0.695. The Morgan fingerprint density at radius 2 is 2.00 bits per heavy atom. The molecule has 0 bridgehead atoms. The zero-order chi connectivity index (χ0) is 17.8. The molecule has 0 fully saturated rings. The van der Waals surface area contributed by atoms with Gasteiger partial charge in [-0.15, -0.1) is 0 Å². The topological polar surface area (TPSA) is 64.8 Å². The predicted molar refractivity (Wildman–Crippen MR) is 97.3 cm³/mol. The number of rotatable bonds is 6. The van der Waals surface area contributed by atoms with Gasteiger partial charge < -0.3 is 20.1 Å². The molecule has 5 nitrogen and oxygen atoms in total. The minimum absolute atomic E-state index is 0.0168. The number of nitrogens with zero attached hydrogens (tertiary/aromatic N) is 1. The number of fused-ring (bicyclic) bond motifs is 1.